The first-order chi connectivity index (χ1) is 11.5. The second-order valence-electron chi connectivity index (χ2n) is 7.04. The van der Waals surface area contributed by atoms with E-state index in [1.165, 1.54) is 4.90 Å². The Hall–Kier alpha value is -2.42. The van der Waals surface area contributed by atoms with Crippen molar-refractivity contribution < 1.29 is 28.7 Å². The number of halogens is 1. The molecule has 1 fully saturated rings. The van der Waals surface area contributed by atoms with Gasteiger partial charge in [0.2, 0.25) is 0 Å². The molecule has 0 bridgehead atoms. The quantitative estimate of drug-likeness (QED) is 0.657. The lowest BCUT2D eigenvalue weighted by Gasteiger charge is -2.26. The number of nitro groups is 1. The fraction of sp³-hybridized carbons (Fsp3) is 0.562. The molecule has 1 N–H and O–H groups in total. The van der Waals surface area contributed by atoms with Crippen LogP contribution in [0.5, 0.6) is 5.75 Å². The van der Waals surface area contributed by atoms with E-state index in [4.69, 9.17) is 9.47 Å². The Morgan fingerprint density at radius 2 is 2.16 bits per heavy atom. The van der Waals surface area contributed by atoms with Gasteiger partial charge in [0.15, 0.2) is 11.6 Å². The van der Waals surface area contributed by atoms with Crippen LogP contribution in [0.3, 0.4) is 0 Å². The largest absolute Gasteiger partial charge is 0.487 e. The highest BCUT2D eigenvalue weighted by atomic mass is 19.1. The van der Waals surface area contributed by atoms with Crippen LogP contribution in [0.4, 0.5) is 14.9 Å². The first kappa shape index (κ1) is 18.9. The Labute approximate surface area is 144 Å². The molecule has 1 aliphatic rings. The van der Waals surface area contributed by atoms with Crippen LogP contribution in [0, 0.1) is 15.9 Å². The van der Waals surface area contributed by atoms with Crippen molar-refractivity contribution in [3.05, 3.63) is 34.1 Å². The number of carbonyl (C=O) groups is 1. The van der Waals surface area contributed by atoms with Gasteiger partial charge < -0.3 is 19.5 Å². The zero-order chi connectivity index (χ0) is 18.8. The molecule has 0 aliphatic carbocycles. The van der Waals surface area contributed by atoms with E-state index in [1.54, 1.807) is 20.8 Å². The van der Waals surface area contributed by atoms with E-state index < -0.39 is 28.0 Å². The van der Waals surface area contributed by atoms with Gasteiger partial charge >= 0.3 is 6.09 Å². The second kappa shape index (κ2) is 6.83. The van der Waals surface area contributed by atoms with Crippen molar-refractivity contribution in [2.24, 2.45) is 0 Å². The second-order valence-corrected chi connectivity index (χ2v) is 7.04. The predicted molar refractivity (Wildman–Crippen MR) is 85.9 cm³/mol. The summed E-state index contributed by atoms with van der Waals surface area (Å²) < 4.78 is 24.3. The molecule has 25 heavy (non-hydrogen) atoms. The van der Waals surface area contributed by atoms with Crippen molar-refractivity contribution in [3.8, 4) is 5.75 Å². The lowest BCUT2D eigenvalue weighted by molar-refractivity contribution is -0.385. The molecule has 9 heteroatoms. The Kier molecular flexibility index (Phi) is 5.17. The number of β-amino-alcohol motifs (C(OH)–C–C–N with tert-alkyl or cyclic N) is 1. The number of likely N-dealkylation sites (tertiary alicyclic amines) is 1. The van der Waals surface area contributed by atoms with E-state index in [2.05, 4.69) is 0 Å². The molecular formula is C16H21FN2O6. The van der Waals surface area contributed by atoms with Crippen LogP contribution in [0.1, 0.15) is 27.2 Å². The fourth-order valence-electron chi connectivity index (χ4n) is 2.39. The molecule has 0 spiro atoms. The molecule has 1 aromatic rings. The summed E-state index contributed by atoms with van der Waals surface area (Å²) in [5, 5.41) is 21.1. The Morgan fingerprint density at radius 1 is 1.48 bits per heavy atom. The maximum absolute atomic E-state index is 13.8. The highest BCUT2D eigenvalue weighted by Crippen LogP contribution is 2.27. The molecule has 1 aliphatic heterocycles. The molecule has 2 rings (SSSR count). The average Bonchev–Trinajstić information content (AvgIpc) is 2.87. The summed E-state index contributed by atoms with van der Waals surface area (Å²) in [5.74, 6) is -1.09. The van der Waals surface area contributed by atoms with Gasteiger partial charge in [-0.1, -0.05) is 0 Å². The lowest BCUT2D eigenvalue weighted by atomic mass is 10.1. The van der Waals surface area contributed by atoms with Gasteiger partial charge in [-0.2, -0.15) is 0 Å². The van der Waals surface area contributed by atoms with Crippen molar-refractivity contribution in [1.29, 1.82) is 0 Å². The van der Waals surface area contributed by atoms with Crippen LogP contribution in [0.25, 0.3) is 0 Å². The maximum Gasteiger partial charge on any atom is 0.410 e. The number of hydrogen-bond acceptors (Lipinski definition) is 6. The van der Waals surface area contributed by atoms with Crippen molar-refractivity contribution in [2.75, 3.05) is 19.7 Å². The summed E-state index contributed by atoms with van der Waals surface area (Å²) >= 11 is 0. The number of rotatable bonds is 4. The number of carbonyl (C=O) groups excluding carboxylic acids is 1. The predicted octanol–water partition coefficient (Wildman–Crippen LogP) is 2.48. The summed E-state index contributed by atoms with van der Waals surface area (Å²) in [6.45, 7) is 5.27. The molecule has 1 amide bonds. The molecule has 0 saturated carbocycles. The molecule has 0 aromatic heterocycles. The number of ether oxygens (including phenoxy) is 2. The molecule has 1 aromatic carbocycles. The van der Waals surface area contributed by atoms with Gasteiger partial charge in [-0.15, -0.1) is 0 Å². The number of benzene rings is 1. The van der Waals surface area contributed by atoms with Crippen molar-refractivity contribution in [3.63, 3.8) is 0 Å². The van der Waals surface area contributed by atoms with Crippen LogP contribution >= 0.6 is 0 Å². The number of amides is 1. The number of nitrogens with zero attached hydrogens (tertiary/aromatic N) is 2. The minimum atomic E-state index is -1.34. The average molecular weight is 356 g/mol. The van der Waals surface area contributed by atoms with E-state index in [0.29, 0.717) is 0 Å². The molecule has 1 atom stereocenters. The number of hydrogen-bond donors (Lipinski definition) is 1. The summed E-state index contributed by atoms with van der Waals surface area (Å²) in [6.07, 6.45) is -0.286. The maximum atomic E-state index is 13.8. The van der Waals surface area contributed by atoms with Crippen LogP contribution in [0.15, 0.2) is 18.2 Å². The van der Waals surface area contributed by atoms with Crippen LogP contribution in [0.2, 0.25) is 0 Å². The number of non-ortho nitro benzene ring substituents is 1. The van der Waals surface area contributed by atoms with Gasteiger partial charge in [0.05, 0.1) is 17.5 Å². The molecular weight excluding hydrogens is 335 g/mol. The van der Waals surface area contributed by atoms with Crippen LogP contribution in [-0.4, -0.2) is 51.9 Å². The van der Waals surface area contributed by atoms with Gasteiger partial charge in [0.25, 0.3) is 5.69 Å². The SMILES string of the molecule is CC(C)(C)OC(=O)N1CCC(O)(COc2ccc([N+](=O)[O-])cc2F)C1. The Bertz CT molecular complexity index is 675. The third-order valence-electron chi connectivity index (χ3n) is 3.61. The first-order valence-corrected chi connectivity index (χ1v) is 7.76. The van der Waals surface area contributed by atoms with Crippen molar-refractivity contribution in [2.45, 2.75) is 38.4 Å². The summed E-state index contributed by atoms with van der Waals surface area (Å²) in [6, 6.07) is 3.00. The highest BCUT2D eigenvalue weighted by Gasteiger charge is 2.40. The minimum absolute atomic E-state index is 0.00346. The van der Waals surface area contributed by atoms with Gasteiger partial charge in [-0.3, -0.25) is 10.1 Å². The van der Waals surface area contributed by atoms with Gasteiger partial charge in [0, 0.05) is 12.6 Å². The van der Waals surface area contributed by atoms with E-state index in [9.17, 15) is 24.4 Å². The van der Waals surface area contributed by atoms with Gasteiger partial charge in [0.1, 0.15) is 17.8 Å². The van der Waals surface area contributed by atoms with Crippen molar-refractivity contribution in [1.82, 2.24) is 4.90 Å². The normalized spacial score (nSPS) is 20.4. The zero-order valence-electron chi connectivity index (χ0n) is 14.3. The highest BCUT2D eigenvalue weighted by molar-refractivity contribution is 5.68. The summed E-state index contributed by atoms with van der Waals surface area (Å²) in [4.78, 5) is 23.2. The molecule has 0 radical (unpaired) electrons. The van der Waals surface area contributed by atoms with Gasteiger partial charge in [-0.25, -0.2) is 9.18 Å². The van der Waals surface area contributed by atoms with Crippen LogP contribution < -0.4 is 4.74 Å². The minimum Gasteiger partial charge on any atom is -0.487 e. The third-order valence-corrected chi connectivity index (χ3v) is 3.61. The Balaban J connectivity index is 1.95. The van der Waals surface area contributed by atoms with Gasteiger partial charge in [-0.05, 0) is 33.3 Å². The van der Waals surface area contributed by atoms with Crippen LogP contribution in [-0.2, 0) is 4.74 Å². The third kappa shape index (κ3) is 5.02. The van der Waals surface area contributed by atoms with E-state index in [1.807, 2.05) is 0 Å². The monoisotopic (exact) mass is 356 g/mol. The summed E-state index contributed by atoms with van der Waals surface area (Å²) in [7, 11) is 0. The zero-order valence-corrected chi connectivity index (χ0v) is 14.3. The van der Waals surface area contributed by atoms with Crippen molar-refractivity contribution >= 4 is 11.8 Å². The van der Waals surface area contributed by atoms with E-state index >= 15 is 0 Å². The summed E-state index contributed by atoms with van der Waals surface area (Å²) in [5.41, 5.74) is -2.37. The molecule has 1 saturated heterocycles. The topological polar surface area (TPSA) is 102 Å². The first-order valence-electron chi connectivity index (χ1n) is 7.76. The fourth-order valence-corrected chi connectivity index (χ4v) is 2.39. The standard InChI is InChI=1S/C16H21FN2O6/c1-15(2,3)25-14(20)18-7-6-16(21,9-18)10-24-13-5-4-11(19(22)23)8-12(13)17/h4-5,8,21H,6-7,9-10H2,1-3H3. The Morgan fingerprint density at radius 3 is 2.72 bits per heavy atom. The molecule has 1 unspecified atom stereocenters. The number of nitro benzene ring substituents is 1. The van der Waals surface area contributed by atoms with E-state index in [-0.39, 0.29) is 37.6 Å². The van der Waals surface area contributed by atoms with E-state index in [0.717, 1.165) is 18.2 Å². The molecule has 1 heterocycles. The lowest BCUT2D eigenvalue weighted by Crippen LogP contribution is -2.42. The molecule has 138 valence electrons. The number of aliphatic hydroxyl groups is 1. The smallest absolute Gasteiger partial charge is 0.410 e. The molecule has 8 nitrogen and oxygen atoms in total.